The molecule has 2 aliphatic carbocycles. The van der Waals surface area contributed by atoms with Gasteiger partial charge < -0.3 is 5.32 Å². The zero-order valence-electron chi connectivity index (χ0n) is 13.9. The molecule has 1 aromatic carbocycles. The second kappa shape index (κ2) is 6.60. The van der Waals surface area contributed by atoms with Crippen molar-refractivity contribution in [1.29, 1.82) is 0 Å². The van der Waals surface area contributed by atoms with Gasteiger partial charge in [0, 0.05) is 20.4 Å². The number of carbonyl (C=O) groups excluding carboxylic acids is 3. The number of carbonyl (C=O) groups is 3. The van der Waals surface area contributed by atoms with Gasteiger partial charge in [0.2, 0.25) is 17.7 Å². The molecule has 8 heteroatoms. The quantitative estimate of drug-likeness (QED) is 0.507. The molecule has 1 heterocycles. The van der Waals surface area contributed by atoms with Crippen LogP contribution in [0.1, 0.15) is 13.3 Å². The van der Waals surface area contributed by atoms with Crippen LogP contribution in [-0.4, -0.2) is 38.3 Å². The van der Waals surface area contributed by atoms with Gasteiger partial charge in [0.05, 0.1) is 11.8 Å². The van der Waals surface area contributed by atoms with Crippen molar-refractivity contribution >= 4 is 66.9 Å². The van der Waals surface area contributed by atoms with E-state index in [9.17, 15) is 14.4 Å². The van der Waals surface area contributed by atoms with Crippen molar-refractivity contribution in [3.8, 4) is 0 Å². The predicted octanol–water partition coefficient (Wildman–Crippen LogP) is 3.44. The van der Waals surface area contributed by atoms with Crippen molar-refractivity contribution in [2.24, 2.45) is 23.7 Å². The van der Waals surface area contributed by atoms with E-state index in [0.717, 1.165) is 6.42 Å². The number of rotatable bonds is 3. The van der Waals surface area contributed by atoms with E-state index in [2.05, 4.69) is 37.2 Å². The summed E-state index contributed by atoms with van der Waals surface area (Å²) in [6, 6.07) is 5.91. The van der Waals surface area contributed by atoms with Gasteiger partial charge in [-0.1, -0.05) is 49.5 Å². The van der Waals surface area contributed by atoms with Crippen molar-refractivity contribution in [3.05, 3.63) is 29.3 Å². The first-order valence-electron chi connectivity index (χ1n) is 8.52. The predicted molar refractivity (Wildman–Crippen MR) is 105 cm³/mol. The van der Waals surface area contributed by atoms with Crippen molar-refractivity contribution in [2.45, 2.75) is 29.0 Å². The number of fused-ring (bicyclic) bond motifs is 5. The molecule has 0 spiro atoms. The number of anilines is 1. The van der Waals surface area contributed by atoms with Gasteiger partial charge in [-0.15, -0.1) is 0 Å². The monoisotopic (exact) mass is 502 g/mol. The highest BCUT2D eigenvalue weighted by Crippen LogP contribution is 2.60. The SMILES string of the molecule is C[C@H](C(=O)Nc1cccc(Cl)c1)N1C(=O)[C@@H]2[C@@H]3C[C@H]([C@H](Br)[C@@H]3Br)[C@@H]2C1=O. The molecule has 1 saturated heterocycles. The Morgan fingerprint density at radius 2 is 1.77 bits per heavy atom. The van der Waals surface area contributed by atoms with Crippen LogP contribution in [0.15, 0.2) is 24.3 Å². The Morgan fingerprint density at radius 1 is 1.19 bits per heavy atom. The van der Waals surface area contributed by atoms with E-state index in [4.69, 9.17) is 11.6 Å². The van der Waals surface area contributed by atoms with E-state index in [-0.39, 0.29) is 45.1 Å². The number of likely N-dealkylation sites (tertiary alicyclic amines) is 1. The third-order valence-electron chi connectivity index (χ3n) is 5.88. The van der Waals surface area contributed by atoms with E-state index in [1.807, 2.05) is 0 Å². The first kappa shape index (κ1) is 18.4. The zero-order chi connectivity index (χ0) is 18.7. The second-order valence-corrected chi connectivity index (χ2v) is 9.78. The Balaban J connectivity index is 1.54. The maximum absolute atomic E-state index is 13.0. The second-order valence-electron chi connectivity index (χ2n) is 7.23. The molecule has 7 atom stereocenters. The van der Waals surface area contributed by atoms with Gasteiger partial charge >= 0.3 is 0 Å². The Kier molecular flexibility index (Phi) is 4.68. The molecular weight excluding hydrogens is 487 g/mol. The molecule has 0 radical (unpaired) electrons. The molecular formula is C18H17Br2ClN2O3. The number of nitrogens with one attached hydrogen (secondary N) is 1. The highest BCUT2D eigenvalue weighted by Gasteiger charge is 2.67. The van der Waals surface area contributed by atoms with Gasteiger partial charge in [-0.2, -0.15) is 0 Å². The van der Waals surface area contributed by atoms with Crippen LogP contribution in [0.2, 0.25) is 5.02 Å². The Bertz CT molecular complexity index is 772. The van der Waals surface area contributed by atoms with Crippen molar-refractivity contribution < 1.29 is 14.4 Å². The van der Waals surface area contributed by atoms with Crippen LogP contribution in [0.4, 0.5) is 5.69 Å². The van der Waals surface area contributed by atoms with E-state index < -0.39 is 11.9 Å². The van der Waals surface area contributed by atoms with Gasteiger partial charge in [0.15, 0.2) is 0 Å². The summed E-state index contributed by atoms with van der Waals surface area (Å²) in [6.45, 7) is 1.59. The zero-order valence-corrected chi connectivity index (χ0v) is 17.8. The van der Waals surface area contributed by atoms with Crippen molar-refractivity contribution in [3.63, 3.8) is 0 Å². The first-order chi connectivity index (χ1) is 12.3. The molecule has 3 amide bonds. The molecule has 138 valence electrons. The van der Waals surface area contributed by atoms with Gasteiger partial charge in [-0.25, -0.2) is 0 Å². The normalized spacial score (nSPS) is 36.4. The minimum atomic E-state index is -0.860. The number of benzene rings is 1. The smallest absolute Gasteiger partial charge is 0.247 e. The summed E-state index contributed by atoms with van der Waals surface area (Å²) in [7, 11) is 0. The molecule has 2 bridgehead atoms. The molecule has 26 heavy (non-hydrogen) atoms. The molecule has 0 unspecified atom stereocenters. The minimum Gasteiger partial charge on any atom is -0.324 e. The van der Waals surface area contributed by atoms with E-state index in [1.54, 1.807) is 31.2 Å². The molecule has 1 aromatic rings. The highest BCUT2D eigenvalue weighted by atomic mass is 79.9. The third kappa shape index (κ3) is 2.66. The van der Waals surface area contributed by atoms with Gasteiger partial charge in [-0.05, 0) is 43.4 Å². The summed E-state index contributed by atoms with van der Waals surface area (Å²) >= 11 is 13.3. The summed E-state index contributed by atoms with van der Waals surface area (Å²) in [5.74, 6) is -1.18. The van der Waals surface area contributed by atoms with Crippen molar-refractivity contribution in [2.75, 3.05) is 5.32 Å². The number of nitrogens with zero attached hydrogens (tertiary/aromatic N) is 1. The molecule has 3 fully saturated rings. The molecule has 5 nitrogen and oxygen atoms in total. The molecule has 1 N–H and O–H groups in total. The molecule has 3 aliphatic rings. The number of amides is 3. The van der Waals surface area contributed by atoms with Crippen LogP contribution in [0.25, 0.3) is 0 Å². The maximum atomic E-state index is 13.0. The molecule has 2 saturated carbocycles. The summed E-state index contributed by atoms with van der Waals surface area (Å²) in [6.07, 6.45) is 0.871. The average Bonchev–Trinajstić information content (AvgIpc) is 3.19. The fourth-order valence-electron chi connectivity index (χ4n) is 4.68. The van der Waals surface area contributed by atoms with Crippen molar-refractivity contribution in [1.82, 2.24) is 4.90 Å². The fourth-order valence-corrected chi connectivity index (χ4v) is 6.75. The largest absolute Gasteiger partial charge is 0.324 e. The standard InChI is InChI=1S/C18H17Br2ClN2O3/c1-7(16(24)22-9-4-2-3-8(21)5-9)23-17(25)12-10-6-11(13(12)18(23)26)15(20)14(10)19/h2-5,7,10-15H,6H2,1H3,(H,22,24)/t7-,10+,11+,12-,13+,14-,15+/m1/s1. The van der Waals surface area contributed by atoms with Crippen LogP contribution in [0.3, 0.4) is 0 Å². The number of hydrogen-bond acceptors (Lipinski definition) is 3. The van der Waals surface area contributed by atoms with Gasteiger partial charge in [-0.3, -0.25) is 19.3 Å². The Labute approximate surface area is 173 Å². The van der Waals surface area contributed by atoms with Crippen LogP contribution in [0.5, 0.6) is 0 Å². The summed E-state index contributed by atoms with van der Waals surface area (Å²) < 4.78 is 0. The van der Waals surface area contributed by atoms with Crippen LogP contribution >= 0.6 is 43.5 Å². The van der Waals surface area contributed by atoms with E-state index >= 15 is 0 Å². The summed E-state index contributed by atoms with van der Waals surface area (Å²) in [5.41, 5.74) is 0.537. The average molecular weight is 505 g/mol. The van der Waals surface area contributed by atoms with Crippen LogP contribution in [-0.2, 0) is 14.4 Å². The minimum absolute atomic E-state index is 0.138. The number of halogens is 3. The molecule has 1 aliphatic heterocycles. The highest BCUT2D eigenvalue weighted by molar-refractivity contribution is 9.12. The van der Waals surface area contributed by atoms with Crippen LogP contribution < -0.4 is 5.32 Å². The number of alkyl halides is 2. The molecule has 4 rings (SSSR count). The lowest BCUT2D eigenvalue weighted by molar-refractivity contribution is -0.146. The third-order valence-corrected chi connectivity index (χ3v) is 9.32. The lowest BCUT2D eigenvalue weighted by Gasteiger charge is -2.28. The van der Waals surface area contributed by atoms with Crippen LogP contribution in [0, 0.1) is 23.7 Å². The topological polar surface area (TPSA) is 66.5 Å². The van der Waals surface area contributed by atoms with Gasteiger partial charge in [0.25, 0.3) is 0 Å². The summed E-state index contributed by atoms with van der Waals surface area (Å²) in [5, 5.41) is 3.24. The van der Waals surface area contributed by atoms with Gasteiger partial charge in [0.1, 0.15) is 6.04 Å². The maximum Gasteiger partial charge on any atom is 0.247 e. The van der Waals surface area contributed by atoms with E-state index in [0.29, 0.717) is 10.7 Å². The summed E-state index contributed by atoms with van der Waals surface area (Å²) in [4.78, 5) is 40.1. The lowest BCUT2D eigenvalue weighted by Crippen LogP contribution is -2.46. The van der Waals surface area contributed by atoms with E-state index in [1.165, 1.54) is 4.90 Å². The lowest BCUT2D eigenvalue weighted by atomic mass is 9.81. The number of hydrogen-bond donors (Lipinski definition) is 1. The Morgan fingerprint density at radius 3 is 2.31 bits per heavy atom. The fraction of sp³-hybridized carbons (Fsp3) is 0.500. The number of imide groups is 1. The molecule has 0 aromatic heterocycles. The Hall–Kier alpha value is -0.920. The first-order valence-corrected chi connectivity index (χ1v) is 10.7.